The zero-order valence-electron chi connectivity index (χ0n) is 10.5. The summed E-state index contributed by atoms with van der Waals surface area (Å²) < 4.78 is 26.6. The molecule has 2 rings (SSSR count). The van der Waals surface area contributed by atoms with E-state index in [-0.39, 0.29) is 18.1 Å². The number of rotatable bonds is 5. The predicted molar refractivity (Wildman–Crippen MR) is 71.3 cm³/mol. The minimum atomic E-state index is -0.729. The van der Waals surface area contributed by atoms with Crippen LogP contribution >= 0.6 is 11.3 Å². The molecule has 6 heteroatoms. The minimum Gasteiger partial charge on any atom is -0.396 e. The lowest BCUT2D eigenvalue weighted by Crippen LogP contribution is -2.11. The second-order valence-corrected chi connectivity index (χ2v) is 5.25. The summed E-state index contributed by atoms with van der Waals surface area (Å²) in [6.45, 7) is -0.113. The largest absolute Gasteiger partial charge is 0.396 e. The van der Waals surface area contributed by atoms with Crippen LogP contribution in [0.4, 0.5) is 8.78 Å². The first-order valence-corrected chi connectivity index (χ1v) is 6.88. The van der Waals surface area contributed by atoms with Crippen molar-refractivity contribution in [2.45, 2.75) is 18.3 Å². The van der Waals surface area contributed by atoms with E-state index in [0.29, 0.717) is 6.42 Å². The summed E-state index contributed by atoms with van der Waals surface area (Å²) in [5.41, 5.74) is 1.90. The summed E-state index contributed by atoms with van der Waals surface area (Å²) >= 11 is 1.36. The van der Waals surface area contributed by atoms with Gasteiger partial charge in [-0.05, 0) is 24.1 Å². The fraction of sp³-hybridized carbons (Fsp3) is 0.286. The van der Waals surface area contributed by atoms with E-state index in [9.17, 15) is 14.0 Å². The van der Waals surface area contributed by atoms with Gasteiger partial charge in [0, 0.05) is 29.7 Å². The molecule has 1 N–H and O–H groups in total. The molecule has 1 aromatic heterocycles. The van der Waals surface area contributed by atoms with Crippen LogP contribution in [0, 0.1) is 23.0 Å². The molecule has 0 spiro atoms. The molecule has 0 saturated carbocycles. The summed E-state index contributed by atoms with van der Waals surface area (Å²) in [4.78, 5) is 4.77. The van der Waals surface area contributed by atoms with Crippen molar-refractivity contribution < 1.29 is 13.9 Å². The molecule has 0 aliphatic carbocycles. The van der Waals surface area contributed by atoms with Gasteiger partial charge in [-0.15, -0.1) is 11.3 Å². The third-order valence-corrected chi connectivity index (χ3v) is 3.95. The normalized spacial score (nSPS) is 13.7. The van der Waals surface area contributed by atoms with Gasteiger partial charge in [0.2, 0.25) is 0 Å². The first kappa shape index (κ1) is 14.6. The highest BCUT2D eigenvalue weighted by atomic mass is 32.1. The smallest absolute Gasteiger partial charge is 0.126 e. The second-order valence-electron chi connectivity index (χ2n) is 4.33. The third-order valence-electron chi connectivity index (χ3n) is 3.04. The lowest BCUT2D eigenvalue weighted by molar-refractivity contribution is 0.272. The highest BCUT2D eigenvalue weighted by molar-refractivity contribution is 7.09. The van der Waals surface area contributed by atoms with Crippen LogP contribution in [0.3, 0.4) is 0 Å². The van der Waals surface area contributed by atoms with Gasteiger partial charge in [0.05, 0.1) is 17.5 Å². The predicted octanol–water partition coefficient (Wildman–Crippen LogP) is 3.19. The third kappa shape index (κ3) is 3.18. The Balaban J connectivity index is 2.41. The van der Waals surface area contributed by atoms with E-state index >= 15 is 0 Å². The SMILES string of the molecule is N#C[C@@H](c1cc(F)cc(F)c1)[C@H](CCO)c1cncs1. The number of benzene rings is 1. The Morgan fingerprint density at radius 3 is 2.50 bits per heavy atom. The van der Waals surface area contributed by atoms with Crippen LogP contribution in [-0.4, -0.2) is 16.7 Å². The molecule has 0 aliphatic heterocycles. The topological polar surface area (TPSA) is 56.9 Å². The quantitative estimate of drug-likeness (QED) is 0.921. The van der Waals surface area contributed by atoms with Gasteiger partial charge in [-0.25, -0.2) is 8.78 Å². The molecule has 20 heavy (non-hydrogen) atoms. The number of nitrogens with zero attached hydrogens (tertiary/aromatic N) is 2. The summed E-state index contributed by atoms with van der Waals surface area (Å²) in [5.74, 6) is -2.49. The molecule has 0 bridgehead atoms. The average Bonchev–Trinajstić information content (AvgIpc) is 2.91. The first-order valence-electron chi connectivity index (χ1n) is 6.00. The maximum Gasteiger partial charge on any atom is 0.126 e. The number of aliphatic hydroxyl groups excluding tert-OH is 1. The molecule has 0 aliphatic rings. The lowest BCUT2D eigenvalue weighted by Gasteiger charge is -2.20. The van der Waals surface area contributed by atoms with Gasteiger partial charge in [-0.3, -0.25) is 4.98 Å². The number of nitriles is 1. The Bertz CT molecular complexity index is 590. The van der Waals surface area contributed by atoms with Gasteiger partial charge in [-0.2, -0.15) is 5.26 Å². The first-order chi connectivity index (χ1) is 9.65. The number of thiazole rings is 1. The number of aliphatic hydroxyl groups is 1. The zero-order valence-corrected chi connectivity index (χ0v) is 11.3. The van der Waals surface area contributed by atoms with Crippen LogP contribution in [0.5, 0.6) is 0 Å². The maximum atomic E-state index is 13.3. The van der Waals surface area contributed by atoms with Crippen molar-refractivity contribution >= 4 is 11.3 Å². The van der Waals surface area contributed by atoms with Crippen LogP contribution in [0.1, 0.15) is 28.7 Å². The van der Waals surface area contributed by atoms with E-state index in [1.54, 1.807) is 11.7 Å². The van der Waals surface area contributed by atoms with Gasteiger partial charge < -0.3 is 5.11 Å². The minimum absolute atomic E-state index is 0.113. The summed E-state index contributed by atoms with van der Waals surface area (Å²) in [7, 11) is 0. The Hall–Kier alpha value is -1.84. The highest BCUT2D eigenvalue weighted by Crippen LogP contribution is 2.37. The van der Waals surface area contributed by atoms with Crippen LogP contribution in [-0.2, 0) is 0 Å². The monoisotopic (exact) mass is 294 g/mol. The summed E-state index contributed by atoms with van der Waals surface area (Å²) in [6.07, 6.45) is 1.95. The molecule has 3 nitrogen and oxygen atoms in total. The van der Waals surface area contributed by atoms with Gasteiger partial charge in [0.25, 0.3) is 0 Å². The average molecular weight is 294 g/mol. The van der Waals surface area contributed by atoms with Gasteiger partial charge in [-0.1, -0.05) is 0 Å². The molecule has 2 aromatic rings. The number of hydrogen-bond donors (Lipinski definition) is 1. The Morgan fingerprint density at radius 1 is 1.30 bits per heavy atom. The van der Waals surface area contributed by atoms with E-state index in [4.69, 9.17) is 5.11 Å². The molecule has 0 fully saturated rings. The molecule has 0 radical (unpaired) electrons. The molecule has 1 aromatic carbocycles. The fourth-order valence-corrected chi connectivity index (χ4v) is 2.97. The molecule has 0 saturated heterocycles. The Kier molecular flexibility index (Phi) is 4.77. The van der Waals surface area contributed by atoms with Crippen LogP contribution in [0.15, 0.2) is 29.9 Å². The lowest BCUT2D eigenvalue weighted by atomic mass is 9.84. The van der Waals surface area contributed by atoms with Crippen molar-refractivity contribution in [3.05, 3.63) is 52.0 Å². The molecular weight excluding hydrogens is 282 g/mol. The van der Waals surface area contributed by atoms with E-state index in [2.05, 4.69) is 11.1 Å². The maximum absolute atomic E-state index is 13.3. The van der Waals surface area contributed by atoms with E-state index in [0.717, 1.165) is 23.1 Å². The molecule has 104 valence electrons. The fourth-order valence-electron chi connectivity index (χ4n) is 2.17. The van der Waals surface area contributed by atoms with Gasteiger partial charge in [0.15, 0.2) is 0 Å². The van der Waals surface area contributed by atoms with Crippen molar-refractivity contribution in [3.63, 3.8) is 0 Å². The van der Waals surface area contributed by atoms with Crippen LogP contribution in [0.25, 0.3) is 0 Å². The number of aromatic nitrogens is 1. The van der Waals surface area contributed by atoms with Gasteiger partial charge in [0.1, 0.15) is 11.6 Å². The number of hydrogen-bond acceptors (Lipinski definition) is 4. The summed E-state index contributed by atoms with van der Waals surface area (Å²) in [6, 6.07) is 5.16. The molecule has 2 atom stereocenters. The van der Waals surface area contributed by atoms with Crippen LogP contribution in [0.2, 0.25) is 0 Å². The zero-order chi connectivity index (χ0) is 14.5. The molecular formula is C14H12F2N2OS. The standard InChI is InChI=1S/C14H12F2N2OS/c15-10-3-9(4-11(16)5-10)13(6-17)12(1-2-19)14-7-18-8-20-14/h3-5,7-8,12-13,19H,1-2H2/t12-,13-/m0/s1. The summed E-state index contributed by atoms with van der Waals surface area (Å²) in [5, 5.41) is 18.5. The molecule has 1 heterocycles. The Labute approximate surface area is 119 Å². The van der Waals surface area contributed by atoms with Crippen molar-refractivity contribution in [1.82, 2.24) is 4.98 Å². The molecule has 0 amide bonds. The van der Waals surface area contributed by atoms with E-state index < -0.39 is 17.6 Å². The van der Waals surface area contributed by atoms with E-state index in [1.165, 1.54) is 11.3 Å². The molecule has 0 unspecified atom stereocenters. The van der Waals surface area contributed by atoms with Crippen molar-refractivity contribution in [2.75, 3.05) is 6.61 Å². The van der Waals surface area contributed by atoms with Crippen molar-refractivity contribution in [1.29, 1.82) is 5.26 Å². The number of halogens is 2. The van der Waals surface area contributed by atoms with Crippen LogP contribution < -0.4 is 0 Å². The highest BCUT2D eigenvalue weighted by Gasteiger charge is 2.26. The van der Waals surface area contributed by atoms with Crippen molar-refractivity contribution in [2.24, 2.45) is 0 Å². The van der Waals surface area contributed by atoms with E-state index in [1.807, 2.05) is 0 Å². The van der Waals surface area contributed by atoms with Gasteiger partial charge >= 0.3 is 0 Å². The Morgan fingerprint density at radius 2 is 2.00 bits per heavy atom. The van der Waals surface area contributed by atoms with Crippen molar-refractivity contribution in [3.8, 4) is 6.07 Å². The second kappa shape index (κ2) is 6.55.